The smallest absolute Gasteiger partial charge is 0.319 e. The Labute approximate surface area is 161 Å². The number of benzene rings is 2. The number of amides is 2. The van der Waals surface area contributed by atoms with Gasteiger partial charge >= 0.3 is 12.0 Å². The molecular weight excluding hydrogens is 360 g/mol. The molecule has 0 saturated carbocycles. The van der Waals surface area contributed by atoms with Crippen molar-refractivity contribution in [1.82, 2.24) is 25.5 Å². The van der Waals surface area contributed by atoms with Crippen LogP contribution in [0.5, 0.6) is 5.75 Å². The van der Waals surface area contributed by atoms with Crippen LogP contribution in [0, 0.1) is 13.8 Å². The first-order valence-electron chi connectivity index (χ1n) is 8.61. The maximum atomic E-state index is 12.3. The molecule has 28 heavy (non-hydrogen) atoms. The number of nitrogens with zero attached hydrogens (tertiary/aromatic N) is 4. The van der Waals surface area contributed by atoms with Crippen LogP contribution in [0.2, 0.25) is 0 Å². The molecule has 2 N–H and O–H groups in total. The van der Waals surface area contributed by atoms with E-state index in [1.165, 1.54) is 12.5 Å². The van der Waals surface area contributed by atoms with Crippen molar-refractivity contribution < 1.29 is 14.3 Å². The van der Waals surface area contributed by atoms with E-state index in [-0.39, 0.29) is 12.3 Å². The Morgan fingerprint density at radius 3 is 2.64 bits per heavy atom. The summed E-state index contributed by atoms with van der Waals surface area (Å²) >= 11 is 0. The second kappa shape index (κ2) is 8.30. The molecule has 3 aromatic rings. The molecule has 3 rings (SSSR count). The maximum absolute atomic E-state index is 12.3. The van der Waals surface area contributed by atoms with Gasteiger partial charge in [-0.1, -0.05) is 18.2 Å². The van der Waals surface area contributed by atoms with Gasteiger partial charge in [-0.2, -0.15) is 4.68 Å². The van der Waals surface area contributed by atoms with Crippen molar-refractivity contribution in [3.63, 3.8) is 0 Å². The van der Waals surface area contributed by atoms with E-state index in [0.29, 0.717) is 11.5 Å². The molecule has 0 aliphatic heterocycles. The highest BCUT2D eigenvalue weighted by Crippen LogP contribution is 2.23. The minimum absolute atomic E-state index is 0.113. The molecule has 1 heterocycles. The fourth-order valence-electron chi connectivity index (χ4n) is 2.51. The predicted molar refractivity (Wildman–Crippen MR) is 102 cm³/mol. The number of para-hydroxylation sites is 2. The number of esters is 1. The van der Waals surface area contributed by atoms with Gasteiger partial charge in [-0.3, -0.25) is 4.79 Å². The summed E-state index contributed by atoms with van der Waals surface area (Å²) in [5.74, 6) is 0.277. The van der Waals surface area contributed by atoms with Gasteiger partial charge < -0.3 is 15.4 Å². The van der Waals surface area contributed by atoms with Gasteiger partial charge in [0.2, 0.25) is 0 Å². The first-order valence-corrected chi connectivity index (χ1v) is 8.61. The SMILES string of the molecule is CC(=O)Oc1ccccc1NC(=O)NCc1nnnn1-c1ccc(C)c(C)c1. The Morgan fingerprint density at radius 1 is 1.11 bits per heavy atom. The third-order valence-corrected chi connectivity index (χ3v) is 4.07. The van der Waals surface area contributed by atoms with Crippen molar-refractivity contribution in [2.75, 3.05) is 5.32 Å². The Hall–Kier alpha value is -3.75. The van der Waals surface area contributed by atoms with Crippen LogP contribution in [-0.2, 0) is 11.3 Å². The number of urea groups is 1. The number of rotatable bonds is 5. The summed E-state index contributed by atoms with van der Waals surface area (Å²) in [5.41, 5.74) is 3.48. The molecule has 0 aliphatic rings. The summed E-state index contributed by atoms with van der Waals surface area (Å²) in [6, 6.07) is 12.1. The number of aromatic nitrogens is 4. The van der Waals surface area contributed by atoms with Gasteiger partial charge in [0.1, 0.15) is 0 Å². The number of aryl methyl sites for hydroxylation is 2. The highest BCUT2D eigenvalue weighted by Gasteiger charge is 2.12. The van der Waals surface area contributed by atoms with Crippen LogP contribution in [0.3, 0.4) is 0 Å². The largest absolute Gasteiger partial charge is 0.424 e. The van der Waals surface area contributed by atoms with Crippen molar-refractivity contribution >= 4 is 17.7 Å². The number of anilines is 1. The number of nitrogens with one attached hydrogen (secondary N) is 2. The molecule has 0 unspecified atom stereocenters. The average Bonchev–Trinajstić information content (AvgIpc) is 3.12. The lowest BCUT2D eigenvalue weighted by Gasteiger charge is -2.11. The molecule has 0 aliphatic carbocycles. The Balaban J connectivity index is 1.67. The Morgan fingerprint density at radius 2 is 1.89 bits per heavy atom. The van der Waals surface area contributed by atoms with E-state index >= 15 is 0 Å². The number of tetrazole rings is 1. The summed E-state index contributed by atoms with van der Waals surface area (Å²) in [5, 5.41) is 17.0. The van der Waals surface area contributed by atoms with Crippen molar-refractivity contribution in [2.45, 2.75) is 27.3 Å². The third kappa shape index (κ3) is 4.50. The fraction of sp³-hybridized carbons (Fsp3) is 0.211. The van der Waals surface area contributed by atoms with Crippen molar-refractivity contribution in [1.29, 1.82) is 0 Å². The van der Waals surface area contributed by atoms with Crippen LogP contribution in [0.25, 0.3) is 5.69 Å². The fourth-order valence-corrected chi connectivity index (χ4v) is 2.51. The Kier molecular flexibility index (Phi) is 5.64. The van der Waals surface area contributed by atoms with Gasteiger partial charge in [0.25, 0.3) is 0 Å². The maximum Gasteiger partial charge on any atom is 0.319 e. The summed E-state index contributed by atoms with van der Waals surface area (Å²) in [6.45, 7) is 5.44. The second-order valence-corrected chi connectivity index (χ2v) is 6.17. The zero-order chi connectivity index (χ0) is 20.1. The molecule has 1 aromatic heterocycles. The first kappa shape index (κ1) is 19.0. The monoisotopic (exact) mass is 380 g/mol. The van der Waals surface area contributed by atoms with Crippen LogP contribution in [0.15, 0.2) is 42.5 Å². The lowest BCUT2D eigenvalue weighted by molar-refractivity contribution is -0.131. The van der Waals surface area contributed by atoms with Crippen LogP contribution in [0.4, 0.5) is 10.5 Å². The number of ether oxygens (including phenoxy) is 1. The molecule has 0 radical (unpaired) electrons. The first-order chi connectivity index (χ1) is 13.4. The molecule has 9 heteroatoms. The van der Waals surface area contributed by atoms with E-state index in [1.54, 1.807) is 28.9 Å². The lowest BCUT2D eigenvalue weighted by Crippen LogP contribution is -2.29. The van der Waals surface area contributed by atoms with E-state index in [0.717, 1.165) is 11.3 Å². The zero-order valence-corrected chi connectivity index (χ0v) is 15.8. The third-order valence-electron chi connectivity index (χ3n) is 4.07. The second-order valence-electron chi connectivity index (χ2n) is 6.17. The molecule has 0 spiro atoms. The molecule has 144 valence electrons. The summed E-state index contributed by atoms with van der Waals surface area (Å²) in [4.78, 5) is 23.4. The number of hydrogen-bond donors (Lipinski definition) is 2. The molecule has 0 atom stereocenters. The van der Waals surface area contributed by atoms with E-state index in [2.05, 4.69) is 26.2 Å². The van der Waals surface area contributed by atoms with Gasteiger partial charge in [-0.15, -0.1) is 5.10 Å². The Bertz CT molecular complexity index is 1010. The van der Waals surface area contributed by atoms with Crippen molar-refractivity contribution in [3.05, 3.63) is 59.4 Å². The van der Waals surface area contributed by atoms with Gasteiger partial charge in [-0.25, -0.2) is 4.79 Å². The summed E-state index contributed by atoms with van der Waals surface area (Å²) in [6.07, 6.45) is 0. The van der Waals surface area contributed by atoms with E-state index in [1.807, 2.05) is 32.0 Å². The molecule has 2 amide bonds. The summed E-state index contributed by atoms with van der Waals surface area (Å²) < 4.78 is 6.65. The predicted octanol–water partition coefficient (Wildman–Crippen LogP) is 2.53. The van der Waals surface area contributed by atoms with Crippen LogP contribution >= 0.6 is 0 Å². The van der Waals surface area contributed by atoms with E-state index in [9.17, 15) is 9.59 Å². The van der Waals surface area contributed by atoms with Crippen LogP contribution < -0.4 is 15.4 Å². The number of hydrogen-bond acceptors (Lipinski definition) is 6. The number of carbonyl (C=O) groups is 2. The van der Waals surface area contributed by atoms with Crippen molar-refractivity contribution in [2.24, 2.45) is 0 Å². The highest BCUT2D eigenvalue weighted by atomic mass is 16.5. The van der Waals surface area contributed by atoms with Gasteiger partial charge in [-0.05, 0) is 59.7 Å². The molecule has 2 aromatic carbocycles. The standard InChI is InChI=1S/C19H20N6O3/c1-12-8-9-15(10-13(12)2)25-18(22-23-24-25)11-20-19(27)21-16-6-4-5-7-17(16)28-14(3)26/h4-10H,11H2,1-3H3,(H2,20,21,27). The normalized spacial score (nSPS) is 10.4. The lowest BCUT2D eigenvalue weighted by atomic mass is 10.1. The number of carbonyl (C=O) groups excluding carboxylic acids is 2. The topological polar surface area (TPSA) is 111 Å². The van der Waals surface area contributed by atoms with E-state index < -0.39 is 12.0 Å². The molecule has 0 saturated heterocycles. The van der Waals surface area contributed by atoms with Gasteiger partial charge in [0.05, 0.1) is 17.9 Å². The minimum Gasteiger partial charge on any atom is -0.424 e. The molecule has 0 fully saturated rings. The molecular formula is C19H20N6O3. The minimum atomic E-state index is -0.478. The van der Waals surface area contributed by atoms with E-state index in [4.69, 9.17) is 4.74 Å². The summed E-state index contributed by atoms with van der Waals surface area (Å²) in [7, 11) is 0. The zero-order valence-electron chi connectivity index (χ0n) is 15.8. The van der Waals surface area contributed by atoms with Crippen molar-refractivity contribution in [3.8, 4) is 11.4 Å². The van der Waals surface area contributed by atoms with Crippen LogP contribution in [-0.4, -0.2) is 32.2 Å². The van der Waals surface area contributed by atoms with Crippen LogP contribution in [0.1, 0.15) is 23.9 Å². The average molecular weight is 380 g/mol. The molecule has 9 nitrogen and oxygen atoms in total. The van der Waals surface area contributed by atoms with Gasteiger partial charge in [0, 0.05) is 6.92 Å². The highest BCUT2D eigenvalue weighted by molar-refractivity contribution is 5.91. The molecule has 0 bridgehead atoms. The quantitative estimate of drug-likeness (QED) is 0.520. The van der Waals surface area contributed by atoms with Gasteiger partial charge in [0.15, 0.2) is 11.6 Å².